The standard InChI is InChI=1S/C29H26N2O/c32-27(20-19-22-11-4-1-5-12-22)31-29(24-15-8-3-9-16-24)26-18-10-17-25(28(26)30-31)21-23-13-6-2-7-14-23/h1-9,11-16,19-21,26,29H,10,17-18H2/b20-19+,25-21+/t26-,29-/m1/s1. The topological polar surface area (TPSA) is 32.7 Å². The van der Waals surface area contributed by atoms with Gasteiger partial charge in [-0.3, -0.25) is 4.79 Å². The summed E-state index contributed by atoms with van der Waals surface area (Å²) in [4.78, 5) is 13.3. The summed E-state index contributed by atoms with van der Waals surface area (Å²) >= 11 is 0. The van der Waals surface area contributed by atoms with E-state index in [4.69, 9.17) is 5.10 Å². The molecule has 3 nitrogen and oxygen atoms in total. The summed E-state index contributed by atoms with van der Waals surface area (Å²) in [6.45, 7) is 0. The zero-order chi connectivity index (χ0) is 21.8. The first-order valence-electron chi connectivity index (χ1n) is 11.3. The van der Waals surface area contributed by atoms with Gasteiger partial charge >= 0.3 is 0 Å². The molecule has 158 valence electrons. The van der Waals surface area contributed by atoms with Gasteiger partial charge in [-0.25, -0.2) is 5.01 Å². The van der Waals surface area contributed by atoms with Gasteiger partial charge in [-0.15, -0.1) is 0 Å². The fourth-order valence-corrected chi connectivity index (χ4v) is 4.72. The number of nitrogens with zero attached hydrogens (tertiary/aromatic N) is 2. The maximum atomic E-state index is 13.3. The average Bonchev–Trinajstić information content (AvgIpc) is 3.25. The highest BCUT2D eigenvalue weighted by Gasteiger charge is 2.43. The second kappa shape index (κ2) is 9.19. The number of hydrazone groups is 1. The van der Waals surface area contributed by atoms with Crippen molar-refractivity contribution in [2.45, 2.75) is 25.3 Å². The lowest BCUT2D eigenvalue weighted by Crippen LogP contribution is -2.30. The number of rotatable bonds is 4. The van der Waals surface area contributed by atoms with E-state index in [1.165, 1.54) is 11.1 Å². The molecule has 0 radical (unpaired) electrons. The van der Waals surface area contributed by atoms with Crippen molar-refractivity contribution in [3.63, 3.8) is 0 Å². The largest absolute Gasteiger partial charge is 0.268 e. The smallest absolute Gasteiger partial charge is 0.267 e. The van der Waals surface area contributed by atoms with Crippen LogP contribution in [0.4, 0.5) is 0 Å². The Morgan fingerprint density at radius 1 is 0.844 bits per heavy atom. The summed E-state index contributed by atoms with van der Waals surface area (Å²) in [7, 11) is 0. The van der Waals surface area contributed by atoms with Crippen molar-refractivity contribution in [1.29, 1.82) is 0 Å². The van der Waals surface area contributed by atoms with Crippen molar-refractivity contribution < 1.29 is 4.79 Å². The van der Waals surface area contributed by atoms with Gasteiger partial charge in [0, 0.05) is 12.0 Å². The summed E-state index contributed by atoms with van der Waals surface area (Å²) < 4.78 is 0. The van der Waals surface area contributed by atoms with Crippen LogP contribution < -0.4 is 0 Å². The molecule has 0 spiro atoms. The van der Waals surface area contributed by atoms with Crippen LogP contribution in [0, 0.1) is 5.92 Å². The van der Waals surface area contributed by atoms with E-state index in [1.54, 1.807) is 11.1 Å². The third-order valence-corrected chi connectivity index (χ3v) is 6.23. The number of benzene rings is 3. The Morgan fingerprint density at radius 3 is 2.16 bits per heavy atom. The quantitative estimate of drug-likeness (QED) is 0.444. The first-order chi connectivity index (χ1) is 15.8. The molecule has 0 bridgehead atoms. The predicted octanol–water partition coefficient (Wildman–Crippen LogP) is 6.52. The van der Waals surface area contributed by atoms with Crippen LogP contribution in [0.2, 0.25) is 0 Å². The van der Waals surface area contributed by atoms with Gasteiger partial charge in [-0.1, -0.05) is 91.0 Å². The maximum Gasteiger partial charge on any atom is 0.267 e. The highest BCUT2D eigenvalue weighted by atomic mass is 16.2. The molecule has 1 heterocycles. The van der Waals surface area contributed by atoms with Crippen molar-refractivity contribution >= 4 is 23.8 Å². The molecule has 5 rings (SSSR count). The van der Waals surface area contributed by atoms with Crippen LogP contribution >= 0.6 is 0 Å². The number of allylic oxidation sites excluding steroid dienone is 1. The number of hydrogen-bond acceptors (Lipinski definition) is 2. The Balaban J connectivity index is 1.51. The molecule has 1 aliphatic heterocycles. The minimum atomic E-state index is -0.0799. The first-order valence-corrected chi connectivity index (χ1v) is 11.3. The molecule has 0 N–H and O–H groups in total. The van der Waals surface area contributed by atoms with Crippen molar-refractivity contribution in [3.8, 4) is 0 Å². The number of carbonyl (C=O) groups is 1. The van der Waals surface area contributed by atoms with Gasteiger partial charge in [0.25, 0.3) is 5.91 Å². The summed E-state index contributed by atoms with van der Waals surface area (Å²) in [5, 5.41) is 6.65. The molecule has 3 heteroatoms. The molecule has 1 amide bonds. The van der Waals surface area contributed by atoms with Gasteiger partial charge in [-0.05, 0) is 53.7 Å². The molecule has 3 aromatic carbocycles. The van der Waals surface area contributed by atoms with E-state index in [-0.39, 0.29) is 17.9 Å². The minimum absolute atomic E-state index is 0.0707. The zero-order valence-corrected chi connectivity index (χ0v) is 18.0. The van der Waals surface area contributed by atoms with Crippen molar-refractivity contribution in [1.82, 2.24) is 5.01 Å². The minimum Gasteiger partial charge on any atom is -0.268 e. The van der Waals surface area contributed by atoms with Crippen molar-refractivity contribution in [2.75, 3.05) is 0 Å². The van der Waals surface area contributed by atoms with Gasteiger partial charge in [0.1, 0.15) is 0 Å². The Labute approximate surface area is 189 Å². The van der Waals surface area contributed by atoms with Crippen LogP contribution in [0.3, 0.4) is 0 Å². The van der Waals surface area contributed by atoms with E-state index in [0.29, 0.717) is 0 Å². The summed E-state index contributed by atoms with van der Waals surface area (Å²) in [6, 6.07) is 30.5. The highest BCUT2D eigenvalue weighted by molar-refractivity contribution is 6.08. The lowest BCUT2D eigenvalue weighted by atomic mass is 9.77. The number of carbonyl (C=O) groups excluding carboxylic acids is 1. The van der Waals surface area contributed by atoms with Gasteiger partial charge < -0.3 is 0 Å². The van der Waals surface area contributed by atoms with Crippen molar-refractivity contribution in [2.24, 2.45) is 11.0 Å². The molecular weight excluding hydrogens is 392 g/mol. The molecular formula is C29H26N2O. The average molecular weight is 419 g/mol. The molecule has 32 heavy (non-hydrogen) atoms. The third kappa shape index (κ3) is 4.19. The molecule has 1 saturated carbocycles. The van der Waals surface area contributed by atoms with Crippen molar-refractivity contribution in [3.05, 3.63) is 119 Å². The molecule has 3 aromatic rings. The Kier molecular flexibility index (Phi) is 5.80. The SMILES string of the molecule is O=C(/C=C/c1ccccc1)N1N=C2/C(=C/c3ccccc3)CCC[C@H]2[C@H]1c1ccccc1. The van der Waals surface area contributed by atoms with E-state index in [0.717, 1.165) is 36.1 Å². The molecule has 1 aliphatic carbocycles. The Hall–Kier alpha value is -3.72. The number of fused-ring (bicyclic) bond motifs is 1. The lowest BCUT2D eigenvalue weighted by Gasteiger charge is -2.29. The van der Waals surface area contributed by atoms with E-state index in [9.17, 15) is 4.79 Å². The summed E-state index contributed by atoms with van der Waals surface area (Å²) in [5.41, 5.74) is 5.63. The fraction of sp³-hybridized carbons (Fsp3) is 0.172. The van der Waals surface area contributed by atoms with Crippen LogP contribution in [-0.2, 0) is 4.79 Å². The van der Waals surface area contributed by atoms with E-state index >= 15 is 0 Å². The van der Waals surface area contributed by atoms with Crippen LogP contribution in [0.25, 0.3) is 12.2 Å². The molecule has 2 aliphatic rings. The normalized spacial score (nSPS) is 21.6. The Morgan fingerprint density at radius 2 is 1.47 bits per heavy atom. The second-order valence-corrected chi connectivity index (χ2v) is 8.35. The van der Waals surface area contributed by atoms with Gasteiger partial charge in [-0.2, -0.15) is 5.10 Å². The monoisotopic (exact) mass is 418 g/mol. The second-order valence-electron chi connectivity index (χ2n) is 8.35. The first kappa shape index (κ1) is 20.2. The van der Waals surface area contributed by atoms with Gasteiger partial charge in [0.2, 0.25) is 0 Å². The highest BCUT2D eigenvalue weighted by Crippen LogP contribution is 2.44. The zero-order valence-electron chi connectivity index (χ0n) is 18.0. The van der Waals surface area contributed by atoms with Gasteiger partial charge in [0.15, 0.2) is 0 Å². The summed E-state index contributed by atoms with van der Waals surface area (Å²) in [6.07, 6.45) is 8.89. The van der Waals surface area contributed by atoms with Crippen LogP contribution in [-0.4, -0.2) is 16.6 Å². The molecule has 0 aromatic heterocycles. The van der Waals surface area contributed by atoms with E-state index < -0.39 is 0 Å². The number of hydrogen-bond donors (Lipinski definition) is 0. The van der Waals surface area contributed by atoms with E-state index in [1.807, 2.05) is 60.7 Å². The molecule has 2 atom stereocenters. The molecule has 0 unspecified atom stereocenters. The third-order valence-electron chi connectivity index (χ3n) is 6.23. The lowest BCUT2D eigenvalue weighted by molar-refractivity contribution is -0.128. The van der Waals surface area contributed by atoms with E-state index in [2.05, 4.69) is 42.5 Å². The molecule has 1 fully saturated rings. The fourth-order valence-electron chi connectivity index (χ4n) is 4.72. The maximum absolute atomic E-state index is 13.3. The van der Waals surface area contributed by atoms with Gasteiger partial charge in [0.05, 0.1) is 11.8 Å². The van der Waals surface area contributed by atoms with Crippen LogP contribution in [0.5, 0.6) is 0 Å². The predicted molar refractivity (Wildman–Crippen MR) is 131 cm³/mol. The molecule has 0 saturated heterocycles. The Bertz CT molecular complexity index is 1160. The van der Waals surface area contributed by atoms with Crippen LogP contribution in [0.1, 0.15) is 42.0 Å². The summed E-state index contributed by atoms with van der Waals surface area (Å²) in [5.74, 6) is 0.138. The van der Waals surface area contributed by atoms with Crippen LogP contribution in [0.15, 0.2) is 108 Å². The number of amides is 1.